The number of rotatable bonds is 9. The zero-order valence-corrected chi connectivity index (χ0v) is 23.9. The zero-order valence-electron chi connectivity index (χ0n) is 22.1. The molecule has 198 valence electrons. The highest BCUT2D eigenvalue weighted by atomic mass is 31.2. The minimum atomic E-state index is -2.78. The van der Waals surface area contributed by atoms with Gasteiger partial charge in [-0.25, -0.2) is 0 Å². The highest BCUT2D eigenvalue weighted by Gasteiger charge is 2.47. The maximum Gasteiger partial charge on any atom is 0.209 e. The molecule has 0 N–H and O–H groups in total. The van der Waals surface area contributed by atoms with Crippen molar-refractivity contribution in [2.75, 3.05) is 0 Å². The number of hydrogen-bond acceptors (Lipinski definition) is 4. The van der Waals surface area contributed by atoms with Crippen molar-refractivity contribution in [3.63, 3.8) is 0 Å². The lowest BCUT2D eigenvalue weighted by Gasteiger charge is -2.42. The van der Waals surface area contributed by atoms with Crippen LogP contribution in [0.4, 0.5) is 0 Å². The predicted octanol–water partition coefficient (Wildman–Crippen LogP) is 9.68. The summed E-state index contributed by atoms with van der Waals surface area (Å²) in [6.45, 7) is 4.10. The van der Waals surface area contributed by atoms with Crippen LogP contribution in [-0.2, 0) is 18.2 Å². The van der Waals surface area contributed by atoms with Crippen molar-refractivity contribution >= 4 is 14.7 Å². The predicted molar refractivity (Wildman–Crippen MR) is 144 cm³/mol. The molecule has 34 heavy (non-hydrogen) atoms. The first-order valence-corrected chi connectivity index (χ1v) is 18.5. The Labute approximate surface area is 210 Å². The smallest absolute Gasteiger partial charge is 0.209 e. The van der Waals surface area contributed by atoms with Gasteiger partial charge in [0, 0.05) is 22.6 Å². The molecule has 4 saturated carbocycles. The summed E-state index contributed by atoms with van der Waals surface area (Å²) in [5.74, 6) is 0. The molecule has 0 unspecified atom stereocenters. The van der Waals surface area contributed by atoms with Gasteiger partial charge in [-0.05, 0) is 65.2 Å². The van der Waals surface area contributed by atoms with Crippen molar-refractivity contribution in [3.05, 3.63) is 0 Å². The summed E-state index contributed by atoms with van der Waals surface area (Å²) in [6, 6.07) is 0. The van der Waals surface area contributed by atoms with Gasteiger partial charge in [0.05, 0.1) is 12.2 Å². The molecule has 6 heteroatoms. The van der Waals surface area contributed by atoms with Crippen molar-refractivity contribution in [3.8, 4) is 0 Å². The molecular formula is C28H52O4P2. The van der Waals surface area contributed by atoms with E-state index in [-0.39, 0.29) is 34.8 Å². The average molecular weight is 515 g/mol. The highest BCUT2D eigenvalue weighted by Crippen LogP contribution is 2.66. The largest absolute Gasteiger partial charge is 0.322 e. The van der Waals surface area contributed by atoms with Gasteiger partial charge < -0.3 is 9.05 Å². The summed E-state index contributed by atoms with van der Waals surface area (Å²) in [4.78, 5) is 0. The summed E-state index contributed by atoms with van der Waals surface area (Å²) in [5, 5.41) is 0. The minimum absolute atomic E-state index is 0.225. The van der Waals surface area contributed by atoms with Crippen LogP contribution in [-0.4, -0.2) is 34.8 Å². The Hall–Kier alpha value is 0.380. The maximum absolute atomic E-state index is 14.7. The Bertz CT molecular complexity index is 597. The fraction of sp³-hybridized carbons (Fsp3) is 1.00. The van der Waals surface area contributed by atoms with Gasteiger partial charge in [-0.2, -0.15) is 0 Å². The molecular weight excluding hydrogens is 462 g/mol. The van der Waals surface area contributed by atoms with Crippen molar-refractivity contribution in [2.24, 2.45) is 0 Å². The summed E-state index contributed by atoms with van der Waals surface area (Å²) < 4.78 is 42.7. The van der Waals surface area contributed by atoms with E-state index in [9.17, 15) is 9.13 Å². The Kier molecular flexibility index (Phi) is 10.3. The summed E-state index contributed by atoms with van der Waals surface area (Å²) in [7, 11) is -5.56. The molecule has 4 fully saturated rings. The summed E-state index contributed by atoms with van der Waals surface area (Å²) >= 11 is 0. The van der Waals surface area contributed by atoms with Crippen molar-refractivity contribution in [2.45, 2.75) is 177 Å². The van der Waals surface area contributed by atoms with Gasteiger partial charge >= 0.3 is 0 Å². The van der Waals surface area contributed by atoms with Gasteiger partial charge in [0.15, 0.2) is 0 Å². The lowest BCUT2D eigenvalue weighted by Crippen LogP contribution is -2.34. The van der Waals surface area contributed by atoms with Gasteiger partial charge in [0.1, 0.15) is 0 Å². The van der Waals surface area contributed by atoms with E-state index in [0.29, 0.717) is 0 Å². The Balaban J connectivity index is 1.49. The SMILES string of the molecule is C[C@@H](OP(=O)(C1CCCCC1)C1CCCCC1)[C@@H](C)OP(=O)(C1CCCCC1)C1CCCCC1. The Morgan fingerprint density at radius 2 is 0.647 bits per heavy atom. The van der Waals surface area contributed by atoms with Gasteiger partial charge in [0.2, 0.25) is 14.7 Å². The molecule has 0 spiro atoms. The Morgan fingerprint density at radius 1 is 0.441 bits per heavy atom. The monoisotopic (exact) mass is 514 g/mol. The van der Waals surface area contributed by atoms with Crippen LogP contribution in [0.25, 0.3) is 0 Å². The summed E-state index contributed by atoms with van der Waals surface area (Å²) in [6.07, 6.45) is 22.4. The quantitative estimate of drug-likeness (QED) is 0.287. The first-order valence-electron chi connectivity index (χ1n) is 15.0. The molecule has 0 aromatic carbocycles. The molecule has 0 radical (unpaired) electrons. The minimum Gasteiger partial charge on any atom is -0.322 e. The van der Waals surface area contributed by atoms with E-state index in [2.05, 4.69) is 13.8 Å². The van der Waals surface area contributed by atoms with Crippen molar-refractivity contribution in [1.29, 1.82) is 0 Å². The van der Waals surface area contributed by atoms with Crippen LogP contribution < -0.4 is 0 Å². The highest BCUT2D eigenvalue weighted by molar-refractivity contribution is 7.61. The molecule has 4 aliphatic carbocycles. The normalized spacial score (nSPS) is 27.5. The van der Waals surface area contributed by atoms with Crippen LogP contribution in [0.5, 0.6) is 0 Å². The first-order chi connectivity index (χ1) is 16.4. The van der Waals surface area contributed by atoms with Gasteiger partial charge in [0.25, 0.3) is 0 Å². The van der Waals surface area contributed by atoms with Gasteiger partial charge in [-0.15, -0.1) is 0 Å². The molecule has 0 aromatic heterocycles. The molecule has 4 rings (SSSR count). The van der Waals surface area contributed by atoms with E-state index >= 15 is 0 Å². The van der Waals surface area contributed by atoms with Crippen LogP contribution in [0.15, 0.2) is 0 Å². The van der Waals surface area contributed by atoms with Gasteiger partial charge in [-0.3, -0.25) is 9.13 Å². The molecule has 2 atom stereocenters. The van der Waals surface area contributed by atoms with Crippen LogP contribution >= 0.6 is 14.7 Å². The molecule has 0 aliphatic heterocycles. The maximum atomic E-state index is 14.7. The van der Waals surface area contributed by atoms with Crippen LogP contribution in [0.2, 0.25) is 0 Å². The zero-order chi connectivity index (χ0) is 24.0. The lowest BCUT2D eigenvalue weighted by molar-refractivity contribution is 0.0733. The molecule has 0 amide bonds. The third-order valence-electron chi connectivity index (χ3n) is 9.66. The third kappa shape index (κ3) is 6.44. The summed E-state index contributed by atoms with van der Waals surface area (Å²) in [5.41, 5.74) is 0.898. The second-order valence-electron chi connectivity index (χ2n) is 12.1. The van der Waals surface area contributed by atoms with E-state index in [4.69, 9.17) is 9.05 Å². The standard InChI is InChI=1S/C28H52O4P2/c1-23(31-33(29,25-15-7-3-8-16-25)26-17-9-4-10-18-26)24(2)32-34(30,27-19-11-5-12-20-27)28-21-13-6-14-22-28/h23-28H,3-22H2,1-2H3/t23-,24-/m1/s1. The van der Waals surface area contributed by atoms with E-state index < -0.39 is 14.7 Å². The van der Waals surface area contributed by atoms with E-state index in [1.165, 1.54) is 77.0 Å². The molecule has 4 aliphatic rings. The lowest BCUT2D eigenvalue weighted by atomic mass is 10.00. The van der Waals surface area contributed by atoms with Crippen molar-refractivity contribution in [1.82, 2.24) is 0 Å². The first kappa shape index (κ1) is 27.4. The third-order valence-corrected chi connectivity index (χ3v) is 17.1. The van der Waals surface area contributed by atoms with E-state index in [0.717, 1.165) is 51.4 Å². The molecule has 0 saturated heterocycles. The molecule has 0 heterocycles. The fourth-order valence-electron chi connectivity index (χ4n) is 7.40. The van der Waals surface area contributed by atoms with Crippen molar-refractivity contribution < 1.29 is 18.2 Å². The second-order valence-corrected chi connectivity index (χ2v) is 18.0. The topological polar surface area (TPSA) is 52.6 Å². The average Bonchev–Trinajstić information content (AvgIpc) is 2.90. The van der Waals surface area contributed by atoms with Crippen LogP contribution in [0.1, 0.15) is 142 Å². The van der Waals surface area contributed by atoms with E-state index in [1.54, 1.807) is 0 Å². The van der Waals surface area contributed by atoms with Crippen LogP contribution in [0.3, 0.4) is 0 Å². The van der Waals surface area contributed by atoms with E-state index in [1.807, 2.05) is 0 Å². The Morgan fingerprint density at radius 3 is 0.853 bits per heavy atom. The number of hydrogen-bond donors (Lipinski definition) is 0. The van der Waals surface area contributed by atoms with Crippen LogP contribution in [0, 0.1) is 0 Å². The van der Waals surface area contributed by atoms with Gasteiger partial charge in [-0.1, -0.05) is 77.0 Å². The second kappa shape index (κ2) is 12.8. The molecule has 0 bridgehead atoms. The molecule has 0 aromatic rings. The molecule has 4 nitrogen and oxygen atoms in total. The fourth-order valence-corrected chi connectivity index (χ4v) is 15.0.